The summed E-state index contributed by atoms with van der Waals surface area (Å²) in [7, 11) is 2.20. The minimum atomic E-state index is 0.790. The summed E-state index contributed by atoms with van der Waals surface area (Å²) in [6.07, 6.45) is 8.30. The molecule has 0 bridgehead atoms. The van der Waals surface area contributed by atoms with Gasteiger partial charge in [-0.3, -0.25) is 0 Å². The largest absolute Gasteiger partial charge is 0.371 e. The maximum Gasteiger partial charge on any atom is 0.0604 e. The maximum atomic E-state index is 3.76. The first kappa shape index (κ1) is 14.7. The third-order valence-corrected chi connectivity index (χ3v) is 4.98. The summed E-state index contributed by atoms with van der Waals surface area (Å²) in [6.45, 7) is 4.62. The number of likely N-dealkylation sites (N-methyl/N-ethyl adjacent to an activating group) is 1. The highest BCUT2D eigenvalue weighted by Crippen LogP contribution is 2.31. The summed E-state index contributed by atoms with van der Waals surface area (Å²) < 4.78 is 0. The smallest absolute Gasteiger partial charge is 0.0604 e. The van der Waals surface area contributed by atoms with Gasteiger partial charge in [-0.15, -0.1) is 0 Å². The highest BCUT2D eigenvalue weighted by Gasteiger charge is 2.19. The lowest BCUT2D eigenvalue weighted by atomic mass is 9.95. The molecule has 1 aliphatic carbocycles. The topological polar surface area (TPSA) is 18.5 Å². The van der Waals surface area contributed by atoms with E-state index in [9.17, 15) is 0 Å². The van der Waals surface area contributed by atoms with Gasteiger partial charge in [0.25, 0.3) is 0 Å². The van der Waals surface area contributed by atoms with E-state index in [0.29, 0.717) is 0 Å². The Kier molecular flexibility index (Phi) is 5.02. The molecule has 0 unspecified atom stereocenters. The monoisotopic (exact) mass is 287 g/mol. The zero-order valence-corrected chi connectivity index (χ0v) is 13.4. The molecule has 1 heterocycles. The molecule has 0 radical (unpaired) electrons. The van der Waals surface area contributed by atoms with Gasteiger partial charge in [0, 0.05) is 32.7 Å². The zero-order valence-electron chi connectivity index (χ0n) is 13.4. The normalized spacial score (nSPS) is 19.7. The average Bonchev–Trinajstić information content (AvgIpc) is 2.55. The third-order valence-electron chi connectivity index (χ3n) is 4.98. The van der Waals surface area contributed by atoms with Crippen LogP contribution in [0.3, 0.4) is 0 Å². The molecule has 3 rings (SSSR count). The van der Waals surface area contributed by atoms with Gasteiger partial charge in [-0.2, -0.15) is 0 Å². The van der Waals surface area contributed by atoms with Gasteiger partial charge in [-0.1, -0.05) is 31.4 Å². The number of hydrogen-bond donors (Lipinski definition) is 1. The van der Waals surface area contributed by atoms with Crippen molar-refractivity contribution in [3.8, 4) is 0 Å². The van der Waals surface area contributed by atoms with Gasteiger partial charge in [0.2, 0.25) is 0 Å². The van der Waals surface area contributed by atoms with E-state index in [1.165, 1.54) is 63.0 Å². The van der Waals surface area contributed by atoms with Crippen LogP contribution in [0.4, 0.5) is 11.4 Å². The molecule has 1 N–H and O–H groups in total. The van der Waals surface area contributed by atoms with Gasteiger partial charge in [-0.05, 0) is 37.9 Å². The Labute approximate surface area is 129 Å². The van der Waals surface area contributed by atoms with Crippen LogP contribution in [0.1, 0.15) is 38.5 Å². The number of nitrogens with zero attached hydrogens (tertiary/aromatic N) is 2. The van der Waals surface area contributed by atoms with Crippen molar-refractivity contribution in [3.63, 3.8) is 0 Å². The van der Waals surface area contributed by atoms with Crippen molar-refractivity contribution in [2.75, 3.05) is 43.0 Å². The van der Waals surface area contributed by atoms with Gasteiger partial charge < -0.3 is 15.1 Å². The number of hydrogen-bond acceptors (Lipinski definition) is 3. The lowest BCUT2D eigenvalue weighted by molar-refractivity contribution is 0.372. The summed E-state index contributed by atoms with van der Waals surface area (Å²) in [4.78, 5) is 4.92. The fourth-order valence-corrected chi connectivity index (χ4v) is 3.68. The predicted molar refractivity (Wildman–Crippen MR) is 91.4 cm³/mol. The second-order valence-electron chi connectivity index (χ2n) is 6.54. The van der Waals surface area contributed by atoms with Crippen LogP contribution in [0.5, 0.6) is 0 Å². The number of fused-ring (bicyclic) bond motifs is 1. The highest BCUT2D eigenvalue weighted by atomic mass is 15.2. The molecule has 1 aromatic rings. The molecule has 0 saturated heterocycles. The van der Waals surface area contributed by atoms with Crippen molar-refractivity contribution in [1.82, 2.24) is 5.32 Å². The van der Waals surface area contributed by atoms with Crippen LogP contribution in [0.15, 0.2) is 24.3 Å². The fourth-order valence-electron chi connectivity index (χ4n) is 3.68. The van der Waals surface area contributed by atoms with Gasteiger partial charge in [-0.25, -0.2) is 0 Å². The standard InChI is InChI=1S/C18H29N3/c1-20-14-15-21(18-11-6-5-10-17(18)20)13-7-12-19-16-8-3-2-4-9-16/h5-6,10-11,16,19H,2-4,7-9,12-15H2,1H3. The quantitative estimate of drug-likeness (QED) is 0.839. The van der Waals surface area contributed by atoms with E-state index >= 15 is 0 Å². The summed E-state index contributed by atoms with van der Waals surface area (Å²) in [5.74, 6) is 0. The molecule has 2 aliphatic rings. The molecule has 1 fully saturated rings. The van der Waals surface area contributed by atoms with Crippen LogP contribution in [0.25, 0.3) is 0 Å². The number of para-hydroxylation sites is 2. The minimum Gasteiger partial charge on any atom is -0.371 e. The fraction of sp³-hybridized carbons (Fsp3) is 0.667. The van der Waals surface area contributed by atoms with Crippen LogP contribution < -0.4 is 15.1 Å². The molecule has 3 heteroatoms. The number of nitrogens with one attached hydrogen (secondary N) is 1. The van der Waals surface area contributed by atoms with Crippen molar-refractivity contribution in [3.05, 3.63) is 24.3 Å². The average molecular weight is 287 g/mol. The molecule has 0 amide bonds. The lowest BCUT2D eigenvalue weighted by Gasteiger charge is -2.37. The Morgan fingerprint density at radius 2 is 1.81 bits per heavy atom. The molecular formula is C18H29N3. The van der Waals surface area contributed by atoms with Gasteiger partial charge in [0.05, 0.1) is 11.4 Å². The van der Waals surface area contributed by atoms with Crippen LogP contribution >= 0.6 is 0 Å². The van der Waals surface area contributed by atoms with Crippen LogP contribution in [0.2, 0.25) is 0 Å². The first-order valence-electron chi connectivity index (χ1n) is 8.63. The molecule has 3 nitrogen and oxygen atoms in total. The van der Waals surface area contributed by atoms with E-state index in [4.69, 9.17) is 0 Å². The Hall–Kier alpha value is -1.22. The van der Waals surface area contributed by atoms with Crippen molar-refractivity contribution in [1.29, 1.82) is 0 Å². The Bertz CT molecular complexity index is 440. The second-order valence-corrected chi connectivity index (χ2v) is 6.54. The molecule has 21 heavy (non-hydrogen) atoms. The van der Waals surface area contributed by atoms with Gasteiger partial charge in [0.1, 0.15) is 0 Å². The number of benzene rings is 1. The molecule has 1 aromatic carbocycles. The molecule has 0 atom stereocenters. The summed E-state index contributed by atoms with van der Waals surface area (Å²) in [6, 6.07) is 9.59. The van der Waals surface area contributed by atoms with E-state index in [1.807, 2.05) is 0 Å². The molecule has 1 aliphatic heterocycles. The van der Waals surface area contributed by atoms with Crippen LogP contribution in [-0.4, -0.2) is 39.3 Å². The van der Waals surface area contributed by atoms with E-state index in [2.05, 4.69) is 46.4 Å². The van der Waals surface area contributed by atoms with Crippen molar-refractivity contribution >= 4 is 11.4 Å². The van der Waals surface area contributed by atoms with Gasteiger partial charge in [0.15, 0.2) is 0 Å². The molecular weight excluding hydrogens is 258 g/mol. The third kappa shape index (κ3) is 3.70. The molecule has 0 aromatic heterocycles. The summed E-state index contributed by atoms with van der Waals surface area (Å²) >= 11 is 0. The van der Waals surface area contributed by atoms with Crippen molar-refractivity contribution < 1.29 is 0 Å². The van der Waals surface area contributed by atoms with Crippen molar-refractivity contribution in [2.24, 2.45) is 0 Å². The highest BCUT2D eigenvalue weighted by molar-refractivity contribution is 5.72. The first-order chi connectivity index (χ1) is 10.3. The van der Waals surface area contributed by atoms with E-state index < -0.39 is 0 Å². The second kappa shape index (κ2) is 7.17. The first-order valence-corrected chi connectivity index (χ1v) is 8.63. The summed E-state index contributed by atoms with van der Waals surface area (Å²) in [5.41, 5.74) is 2.79. The Balaban J connectivity index is 1.46. The van der Waals surface area contributed by atoms with Gasteiger partial charge >= 0.3 is 0 Å². The van der Waals surface area contributed by atoms with Crippen molar-refractivity contribution in [2.45, 2.75) is 44.6 Å². The summed E-state index contributed by atoms with van der Waals surface area (Å²) in [5, 5.41) is 3.76. The maximum absolute atomic E-state index is 3.76. The predicted octanol–water partition coefficient (Wildman–Crippen LogP) is 3.26. The Morgan fingerprint density at radius 1 is 1.05 bits per heavy atom. The SMILES string of the molecule is CN1CCN(CCCNC2CCCCC2)c2ccccc21. The molecule has 0 spiro atoms. The van der Waals surface area contributed by atoms with Crippen LogP contribution in [0, 0.1) is 0 Å². The number of anilines is 2. The van der Waals surface area contributed by atoms with E-state index in [-0.39, 0.29) is 0 Å². The van der Waals surface area contributed by atoms with Crippen LogP contribution in [-0.2, 0) is 0 Å². The lowest BCUT2D eigenvalue weighted by Crippen LogP contribution is -2.40. The molecule has 116 valence electrons. The van der Waals surface area contributed by atoms with E-state index in [0.717, 1.165) is 19.1 Å². The molecule has 1 saturated carbocycles. The van der Waals surface area contributed by atoms with E-state index in [1.54, 1.807) is 0 Å². The minimum absolute atomic E-state index is 0.790. The number of rotatable bonds is 5. The zero-order chi connectivity index (χ0) is 14.5. The Morgan fingerprint density at radius 3 is 2.62 bits per heavy atom.